The van der Waals surface area contributed by atoms with Crippen molar-refractivity contribution in [3.63, 3.8) is 0 Å². The van der Waals surface area contributed by atoms with Crippen molar-refractivity contribution in [1.29, 1.82) is 0 Å². The normalized spacial score (nSPS) is 18.7. The van der Waals surface area contributed by atoms with Crippen molar-refractivity contribution in [2.45, 2.75) is 45.8 Å². The maximum absolute atomic E-state index is 12.8. The molecule has 2 aromatic rings. The summed E-state index contributed by atoms with van der Waals surface area (Å²) in [6, 6.07) is 13.9. The Bertz CT molecular complexity index is 749. The average molecular weight is 309 g/mol. The standard InChI is InChI=1S/C20H23NO2/c1-13-9-10-14(2)16(11-13)19(22)21-17-12-20(3,4)23-18-8-6-5-7-15(17)18/h5-11,17H,12H2,1-4H3,(H,21,22)/t17-/m0/s1. The van der Waals surface area contributed by atoms with Gasteiger partial charge in [0.2, 0.25) is 0 Å². The maximum atomic E-state index is 12.8. The van der Waals surface area contributed by atoms with Crippen molar-refractivity contribution in [3.05, 3.63) is 64.7 Å². The number of para-hydroxylation sites is 1. The van der Waals surface area contributed by atoms with Gasteiger partial charge in [0.05, 0.1) is 6.04 Å². The summed E-state index contributed by atoms with van der Waals surface area (Å²) in [5.41, 5.74) is 3.58. The SMILES string of the molecule is Cc1ccc(C)c(C(=O)N[C@H]2CC(C)(C)Oc3ccccc32)c1. The minimum absolute atomic E-state index is 0.0243. The molecule has 0 aromatic heterocycles. The summed E-state index contributed by atoms with van der Waals surface area (Å²) >= 11 is 0. The van der Waals surface area contributed by atoms with E-state index in [0.717, 1.165) is 34.4 Å². The van der Waals surface area contributed by atoms with Crippen LogP contribution in [0.1, 0.15) is 53.4 Å². The van der Waals surface area contributed by atoms with Crippen LogP contribution < -0.4 is 10.1 Å². The van der Waals surface area contributed by atoms with Crippen molar-refractivity contribution >= 4 is 5.91 Å². The second kappa shape index (κ2) is 5.73. The van der Waals surface area contributed by atoms with Gasteiger partial charge >= 0.3 is 0 Å². The van der Waals surface area contributed by atoms with Gasteiger partial charge in [-0.15, -0.1) is 0 Å². The predicted octanol–water partition coefficient (Wildman–Crippen LogP) is 4.34. The van der Waals surface area contributed by atoms with Crippen LogP contribution in [0.5, 0.6) is 5.75 Å². The minimum Gasteiger partial charge on any atom is -0.487 e. The topological polar surface area (TPSA) is 38.3 Å². The van der Waals surface area contributed by atoms with Gasteiger partial charge in [-0.25, -0.2) is 0 Å². The third-order valence-electron chi connectivity index (χ3n) is 4.32. The van der Waals surface area contributed by atoms with E-state index in [2.05, 4.69) is 19.2 Å². The molecule has 0 bridgehead atoms. The highest BCUT2D eigenvalue weighted by Crippen LogP contribution is 2.39. The second-order valence-electron chi connectivity index (χ2n) is 6.95. The Morgan fingerprint density at radius 3 is 2.70 bits per heavy atom. The van der Waals surface area contributed by atoms with E-state index in [9.17, 15) is 4.79 Å². The number of hydrogen-bond acceptors (Lipinski definition) is 2. The first-order chi connectivity index (χ1) is 10.9. The smallest absolute Gasteiger partial charge is 0.252 e. The molecule has 0 fully saturated rings. The highest BCUT2D eigenvalue weighted by Gasteiger charge is 2.34. The number of hydrogen-bond donors (Lipinski definition) is 1. The Labute approximate surface area is 137 Å². The van der Waals surface area contributed by atoms with Gasteiger partial charge in [-0.1, -0.05) is 35.9 Å². The fourth-order valence-electron chi connectivity index (χ4n) is 3.15. The van der Waals surface area contributed by atoms with Gasteiger partial charge in [-0.3, -0.25) is 4.79 Å². The highest BCUT2D eigenvalue weighted by molar-refractivity contribution is 5.96. The van der Waals surface area contributed by atoms with Crippen LogP contribution in [0.3, 0.4) is 0 Å². The molecular formula is C20H23NO2. The van der Waals surface area contributed by atoms with Gasteiger partial charge in [-0.05, 0) is 45.4 Å². The lowest BCUT2D eigenvalue weighted by molar-refractivity contribution is 0.0619. The van der Waals surface area contributed by atoms with Crippen LogP contribution in [0.15, 0.2) is 42.5 Å². The number of carbonyl (C=O) groups is 1. The van der Waals surface area contributed by atoms with Gasteiger partial charge in [0.25, 0.3) is 5.91 Å². The molecule has 23 heavy (non-hydrogen) atoms. The van der Waals surface area contributed by atoms with Gasteiger partial charge < -0.3 is 10.1 Å². The fourth-order valence-corrected chi connectivity index (χ4v) is 3.15. The van der Waals surface area contributed by atoms with Crippen LogP contribution in [0.25, 0.3) is 0 Å². The van der Waals surface area contributed by atoms with Crippen LogP contribution in [-0.2, 0) is 0 Å². The van der Waals surface area contributed by atoms with Crippen LogP contribution in [0.2, 0.25) is 0 Å². The summed E-state index contributed by atoms with van der Waals surface area (Å²) in [5, 5.41) is 3.20. The molecule has 1 aliphatic heterocycles. The third-order valence-corrected chi connectivity index (χ3v) is 4.32. The molecular weight excluding hydrogens is 286 g/mol. The van der Waals surface area contributed by atoms with Crippen molar-refractivity contribution in [2.24, 2.45) is 0 Å². The van der Waals surface area contributed by atoms with Crippen LogP contribution in [-0.4, -0.2) is 11.5 Å². The molecule has 0 saturated heterocycles. The molecule has 120 valence electrons. The minimum atomic E-state index is -0.298. The first-order valence-corrected chi connectivity index (χ1v) is 8.02. The lowest BCUT2D eigenvalue weighted by atomic mass is 9.89. The molecule has 1 amide bonds. The third kappa shape index (κ3) is 3.24. The number of ether oxygens (including phenoxy) is 1. The van der Waals surface area contributed by atoms with E-state index in [1.807, 2.05) is 56.3 Å². The number of nitrogens with one attached hydrogen (secondary N) is 1. The first kappa shape index (κ1) is 15.6. The van der Waals surface area contributed by atoms with E-state index in [0.29, 0.717) is 0 Å². The van der Waals surface area contributed by atoms with Crippen molar-refractivity contribution < 1.29 is 9.53 Å². The molecule has 1 N–H and O–H groups in total. The monoisotopic (exact) mass is 309 g/mol. The molecule has 3 nitrogen and oxygen atoms in total. The molecule has 0 unspecified atom stereocenters. The zero-order valence-electron chi connectivity index (χ0n) is 14.1. The fraction of sp³-hybridized carbons (Fsp3) is 0.350. The van der Waals surface area contributed by atoms with Crippen LogP contribution in [0, 0.1) is 13.8 Å². The van der Waals surface area contributed by atoms with Gasteiger partial charge in [0.1, 0.15) is 11.4 Å². The summed E-state index contributed by atoms with van der Waals surface area (Å²) in [6.45, 7) is 8.08. The average Bonchev–Trinajstić information content (AvgIpc) is 2.48. The molecule has 3 heteroatoms. The Morgan fingerprint density at radius 2 is 1.91 bits per heavy atom. The molecule has 1 heterocycles. The molecule has 0 aliphatic carbocycles. The van der Waals surface area contributed by atoms with E-state index < -0.39 is 0 Å². The molecule has 2 aromatic carbocycles. The molecule has 1 aliphatic rings. The van der Waals surface area contributed by atoms with E-state index in [1.54, 1.807) is 0 Å². The van der Waals surface area contributed by atoms with Crippen molar-refractivity contribution in [3.8, 4) is 5.75 Å². The number of fused-ring (bicyclic) bond motifs is 1. The number of benzene rings is 2. The van der Waals surface area contributed by atoms with Gasteiger partial charge in [0, 0.05) is 17.5 Å². The molecule has 0 spiro atoms. The number of aryl methyl sites for hydroxylation is 2. The van der Waals surface area contributed by atoms with E-state index in [-0.39, 0.29) is 17.6 Å². The largest absolute Gasteiger partial charge is 0.487 e. The first-order valence-electron chi connectivity index (χ1n) is 8.02. The summed E-state index contributed by atoms with van der Waals surface area (Å²) in [5.74, 6) is 0.832. The predicted molar refractivity (Wildman–Crippen MR) is 91.9 cm³/mol. The summed E-state index contributed by atoms with van der Waals surface area (Å²) in [7, 11) is 0. The second-order valence-corrected chi connectivity index (χ2v) is 6.95. The highest BCUT2D eigenvalue weighted by atomic mass is 16.5. The zero-order valence-corrected chi connectivity index (χ0v) is 14.1. The number of carbonyl (C=O) groups excluding carboxylic acids is 1. The Morgan fingerprint density at radius 1 is 1.17 bits per heavy atom. The maximum Gasteiger partial charge on any atom is 0.252 e. The molecule has 3 rings (SSSR count). The molecule has 1 atom stereocenters. The van der Waals surface area contributed by atoms with Crippen molar-refractivity contribution in [1.82, 2.24) is 5.32 Å². The van der Waals surface area contributed by atoms with Crippen molar-refractivity contribution in [2.75, 3.05) is 0 Å². The summed E-state index contributed by atoms with van der Waals surface area (Å²) in [4.78, 5) is 12.8. The Hall–Kier alpha value is -2.29. The number of rotatable bonds is 2. The van der Waals surface area contributed by atoms with E-state index in [4.69, 9.17) is 4.74 Å². The van der Waals surface area contributed by atoms with Crippen LogP contribution in [0.4, 0.5) is 0 Å². The zero-order chi connectivity index (χ0) is 16.6. The van der Waals surface area contributed by atoms with E-state index in [1.165, 1.54) is 0 Å². The Kier molecular flexibility index (Phi) is 3.88. The van der Waals surface area contributed by atoms with E-state index >= 15 is 0 Å². The van der Waals surface area contributed by atoms with Gasteiger partial charge in [-0.2, -0.15) is 0 Å². The molecule has 0 saturated carbocycles. The quantitative estimate of drug-likeness (QED) is 0.896. The Balaban J connectivity index is 1.90. The summed E-state index contributed by atoms with van der Waals surface area (Å²) in [6.07, 6.45) is 0.751. The lowest BCUT2D eigenvalue weighted by Gasteiger charge is -2.38. The number of amides is 1. The lowest BCUT2D eigenvalue weighted by Crippen LogP contribution is -2.41. The van der Waals surface area contributed by atoms with Crippen LogP contribution >= 0.6 is 0 Å². The molecule has 0 radical (unpaired) electrons. The van der Waals surface area contributed by atoms with Gasteiger partial charge in [0.15, 0.2) is 0 Å². The summed E-state index contributed by atoms with van der Waals surface area (Å²) < 4.78 is 6.03.